The number of rotatable bonds is 3. The number of nitrogens with two attached hydrogens (primary N) is 1. The van der Waals surface area contributed by atoms with E-state index >= 15 is 0 Å². The lowest BCUT2D eigenvalue weighted by molar-refractivity contribution is -0.115. The van der Waals surface area contributed by atoms with E-state index in [1.54, 1.807) is 10.8 Å². The lowest BCUT2D eigenvalue weighted by atomic mass is 10.8. The molecule has 50 valence electrons. The summed E-state index contributed by atoms with van der Waals surface area (Å²) in [6.07, 6.45) is 1.91. The van der Waals surface area contributed by atoms with Crippen LogP contribution in [0.2, 0.25) is 0 Å². The van der Waals surface area contributed by atoms with Gasteiger partial charge in [-0.05, 0) is 6.26 Å². The summed E-state index contributed by atoms with van der Waals surface area (Å²) in [6.45, 7) is 0. The molecule has 0 aromatic heterocycles. The fourth-order valence-electron chi connectivity index (χ4n) is 0.117. The van der Waals surface area contributed by atoms with Gasteiger partial charge in [-0.2, -0.15) is 0 Å². The number of hydrogen-bond acceptors (Lipinski definition) is 3. The summed E-state index contributed by atoms with van der Waals surface area (Å²) in [7, 11) is 3.00. The van der Waals surface area contributed by atoms with Crippen molar-refractivity contribution in [1.82, 2.24) is 0 Å². The molecular formula is C3H8BrNOS2. The first-order chi connectivity index (χ1) is 3.27. The fraction of sp³-hybridized carbons (Fsp3) is 0.667. The molecule has 0 unspecified atom stereocenters. The second-order valence-corrected chi connectivity index (χ2v) is 3.46. The van der Waals surface area contributed by atoms with Gasteiger partial charge in [0.1, 0.15) is 0 Å². The van der Waals surface area contributed by atoms with Gasteiger partial charge in [-0.25, -0.2) is 0 Å². The normalized spacial score (nSPS) is 7.62. The topological polar surface area (TPSA) is 43.1 Å². The molecule has 0 aromatic carbocycles. The van der Waals surface area contributed by atoms with Gasteiger partial charge < -0.3 is 5.73 Å². The van der Waals surface area contributed by atoms with Gasteiger partial charge in [-0.3, -0.25) is 4.79 Å². The van der Waals surface area contributed by atoms with Crippen LogP contribution in [0.3, 0.4) is 0 Å². The first kappa shape index (κ1) is 11.4. The number of halogens is 1. The molecule has 0 spiro atoms. The third kappa shape index (κ3) is 9.82. The molecule has 0 bridgehead atoms. The number of primary amides is 1. The molecule has 5 heteroatoms. The van der Waals surface area contributed by atoms with Crippen molar-refractivity contribution in [1.29, 1.82) is 0 Å². The predicted molar refractivity (Wildman–Crippen MR) is 45.5 cm³/mol. The third-order valence-electron chi connectivity index (χ3n) is 0.319. The highest BCUT2D eigenvalue weighted by molar-refractivity contribution is 8.93. The van der Waals surface area contributed by atoms with Gasteiger partial charge in [0.05, 0.1) is 5.75 Å². The Morgan fingerprint density at radius 1 is 1.75 bits per heavy atom. The van der Waals surface area contributed by atoms with Crippen LogP contribution in [-0.2, 0) is 4.79 Å². The van der Waals surface area contributed by atoms with Crippen LogP contribution >= 0.6 is 38.6 Å². The Bertz CT molecular complexity index is 70.3. The average molecular weight is 218 g/mol. The Balaban J connectivity index is 0. The zero-order chi connectivity index (χ0) is 5.70. The third-order valence-corrected chi connectivity index (χ3v) is 2.02. The second-order valence-electron chi connectivity index (χ2n) is 0.895. The fourth-order valence-corrected chi connectivity index (χ4v) is 1.05. The summed E-state index contributed by atoms with van der Waals surface area (Å²) in [5.74, 6) is 0.167. The molecule has 0 aliphatic carbocycles. The predicted octanol–water partition coefficient (Wildman–Crippen LogP) is 1.06. The zero-order valence-electron chi connectivity index (χ0n) is 4.42. The maximum Gasteiger partial charge on any atom is 0.228 e. The average Bonchev–Trinajstić information content (AvgIpc) is 1.61. The lowest BCUT2D eigenvalue weighted by Crippen LogP contribution is -2.12. The van der Waals surface area contributed by atoms with Gasteiger partial charge in [0.15, 0.2) is 0 Å². The van der Waals surface area contributed by atoms with Crippen molar-refractivity contribution in [2.24, 2.45) is 5.73 Å². The molecule has 1 amide bonds. The summed E-state index contributed by atoms with van der Waals surface area (Å²) >= 11 is 0. The molecule has 0 aliphatic heterocycles. The van der Waals surface area contributed by atoms with Crippen molar-refractivity contribution < 1.29 is 4.79 Å². The first-order valence-electron chi connectivity index (χ1n) is 1.71. The van der Waals surface area contributed by atoms with Crippen LogP contribution in [0.15, 0.2) is 0 Å². The highest BCUT2D eigenvalue weighted by atomic mass is 79.9. The van der Waals surface area contributed by atoms with E-state index in [1.165, 1.54) is 10.8 Å². The smallest absolute Gasteiger partial charge is 0.228 e. The van der Waals surface area contributed by atoms with Crippen molar-refractivity contribution in [2.45, 2.75) is 0 Å². The molecule has 0 atom stereocenters. The van der Waals surface area contributed by atoms with Crippen molar-refractivity contribution in [3.8, 4) is 0 Å². The minimum absolute atomic E-state index is 0. The zero-order valence-corrected chi connectivity index (χ0v) is 7.76. The van der Waals surface area contributed by atoms with Gasteiger partial charge >= 0.3 is 0 Å². The lowest BCUT2D eigenvalue weighted by Gasteiger charge is -1.86. The summed E-state index contributed by atoms with van der Waals surface area (Å²) in [5, 5.41) is 0. The van der Waals surface area contributed by atoms with E-state index in [-0.39, 0.29) is 22.9 Å². The van der Waals surface area contributed by atoms with Crippen LogP contribution in [-0.4, -0.2) is 17.9 Å². The molecule has 0 radical (unpaired) electrons. The summed E-state index contributed by atoms with van der Waals surface area (Å²) in [5.41, 5.74) is 4.81. The number of carbonyl (C=O) groups excluding carboxylic acids is 1. The molecular weight excluding hydrogens is 210 g/mol. The van der Waals surface area contributed by atoms with Crippen molar-refractivity contribution >= 4 is 44.5 Å². The van der Waals surface area contributed by atoms with Gasteiger partial charge in [0, 0.05) is 0 Å². The quantitative estimate of drug-likeness (QED) is 0.720. The van der Waals surface area contributed by atoms with E-state index in [9.17, 15) is 4.79 Å². The number of hydrogen-bond donors (Lipinski definition) is 1. The molecule has 0 saturated heterocycles. The standard InChI is InChI=1S/C3H7NOS2.BrH/c1-6-7-2-3(4)5;/h2H2,1H3,(H2,4,5);1H. The Kier molecular flexibility index (Phi) is 10.9. The summed E-state index contributed by atoms with van der Waals surface area (Å²) in [4.78, 5) is 9.95. The Labute approximate surface area is 67.1 Å². The van der Waals surface area contributed by atoms with E-state index in [4.69, 9.17) is 5.73 Å². The van der Waals surface area contributed by atoms with Crippen molar-refractivity contribution in [3.05, 3.63) is 0 Å². The van der Waals surface area contributed by atoms with Crippen LogP contribution in [0.5, 0.6) is 0 Å². The van der Waals surface area contributed by atoms with E-state index in [0.29, 0.717) is 5.75 Å². The molecule has 0 aliphatic rings. The van der Waals surface area contributed by atoms with E-state index in [1.807, 2.05) is 6.26 Å². The molecule has 2 N–H and O–H groups in total. The van der Waals surface area contributed by atoms with Gasteiger partial charge in [0.2, 0.25) is 5.91 Å². The van der Waals surface area contributed by atoms with Crippen LogP contribution in [0.1, 0.15) is 0 Å². The highest BCUT2D eigenvalue weighted by Gasteiger charge is 1.89. The summed E-state index contributed by atoms with van der Waals surface area (Å²) in [6, 6.07) is 0. The number of amides is 1. The van der Waals surface area contributed by atoms with Crippen LogP contribution in [0, 0.1) is 0 Å². The molecule has 2 nitrogen and oxygen atoms in total. The monoisotopic (exact) mass is 217 g/mol. The van der Waals surface area contributed by atoms with Crippen LogP contribution < -0.4 is 5.73 Å². The second kappa shape index (κ2) is 7.65. The van der Waals surface area contributed by atoms with Gasteiger partial charge in [-0.15, -0.1) is 17.0 Å². The molecule has 0 rings (SSSR count). The SMILES string of the molecule is Br.CSSCC(N)=O. The molecule has 0 heterocycles. The maximum atomic E-state index is 9.95. The first-order valence-corrected chi connectivity index (χ1v) is 4.44. The summed E-state index contributed by atoms with van der Waals surface area (Å²) < 4.78 is 0. The molecule has 0 fully saturated rings. The van der Waals surface area contributed by atoms with Gasteiger partial charge in [0.25, 0.3) is 0 Å². The van der Waals surface area contributed by atoms with Crippen LogP contribution in [0.25, 0.3) is 0 Å². The van der Waals surface area contributed by atoms with Crippen LogP contribution in [0.4, 0.5) is 0 Å². The molecule has 0 saturated carbocycles. The van der Waals surface area contributed by atoms with E-state index in [2.05, 4.69) is 0 Å². The Hall–Kier alpha value is 0.650. The minimum atomic E-state index is -0.251. The Morgan fingerprint density at radius 3 is 2.38 bits per heavy atom. The number of carbonyl (C=O) groups is 1. The van der Waals surface area contributed by atoms with Crippen molar-refractivity contribution in [2.75, 3.05) is 12.0 Å². The van der Waals surface area contributed by atoms with E-state index < -0.39 is 0 Å². The molecule has 0 aromatic rings. The Morgan fingerprint density at radius 2 is 2.25 bits per heavy atom. The van der Waals surface area contributed by atoms with E-state index in [0.717, 1.165) is 0 Å². The minimum Gasteiger partial charge on any atom is -0.369 e. The molecule has 8 heavy (non-hydrogen) atoms. The van der Waals surface area contributed by atoms with Crippen molar-refractivity contribution in [3.63, 3.8) is 0 Å². The largest absolute Gasteiger partial charge is 0.369 e. The maximum absolute atomic E-state index is 9.95. The van der Waals surface area contributed by atoms with Gasteiger partial charge in [-0.1, -0.05) is 21.6 Å². The highest BCUT2D eigenvalue weighted by Crippen LogP contribution is 2.14.